The third-order valence-electron chi connectivity index (χ3n) is 5.07. The van der Waals surface area contributed by atoms with Crippen LogP contribution in [0.15, 0.2) is 36.4 Å². The summed E-state index contributed by atoms with van der Waals surface area (Å²) in [5.41, 5.74) is 1.78. The number of amides is 2. The van der Waals surface area contributed by atoms with E-state index in [-0.39, 0.29) is 17.2 Å². The Kier molecular flexibility index (Phi) is 7.97. The molecule has 2 amide bonds. The SMILES string of the molecule is COc1ccc(C2SCC(C(=O)NCCc3ccc(Cl)cc3Cl)N2C(C)=O)cc1OC. The molecule has 0 spiro atoms. The predicted molar refractivity (Wildman–Crippen MR) is 124 cm³/mol. The standard InChI is InChI=1S/C22H24Cl2N2O4S/c1-13(27)26-18(21(28)25-9-8-14-4-6-16(23)11-17(14)24)12-31-22(26)15-5-7-19(29-2)20(10-15)30-3/h4-7,10-11,18,22H,8-9,12H2,1-3H3,(H,25,28). The van der Waals surface area contributed by atoms with Crippen molar-refractivity contribution >= 4 is 46.8 Å². The lowest BCUT2D eigenvalue weighted by Crippen LogP contribution is -2.47. The first-order chi connectivity index (χ1) is 14.8. The van der Waals surface area contributed by atoms with Gasteiger partial charge in [0.25, 0.3) is 0 Å². The number of benzene rings is 2. The molecule has 2 aromatic carbocycles. The number of carbonyl (C=O) groups is 2. The van der Waals surface area contributed by atoms with Crippen LogP contribution in [0.5, 0.6) is 11.5 Å². The van der Waals surface area contributed by atoms with Crippen LogP contribution in [0.25, 0.3) is 0 Å². The molecule has 0 bridgehead atoms. The maximum absolute atomic E-state index is 12.9. The molecule has 0 aliphatic carbocycles. The molecular formula is C22H24Cl2N2O4S. The van der Waals surface area contributed by atoms with Crippen molar-refractivity contribution in [2.24, 2.45) is 0 Å². The Bertz CT molecular complexity index is 973. The van der Waals surface area contributed by atoms with Gasteiger partial charge in [0.1, 0.15) is 11.4 Å². The first-order valence-electron chi connectivity index (χ1n) is 9.69. The summed E-state index contributed by atoms with van der Waals surface area (Å²) in [6.07, 6.45) is 0.570. The molecule has 1 saturated heterocycles. The molecule has 6 nitrogen and oxygen atoms in total. The number of hydrogen-bond donors (Lipinski definition) is 1. The average molecular weight is 483 g/mol. The van der Waals surface area contributed by atoms with Crippen LogP contribution in [0, 0.1) is 0 Å². The maximum Gasteiger partial charge on any atom is 0.243 e. The quantitative estimate of drug-likeness (QED) is 0.635. The average Bonchev–Trinajstić information content (AvgIpc) is 3.20. The molecule has 2 aromatic rings. The van der Waals surface area contributed by atoms with Gasteiger partial charge in [-0.1, -0.05) is 35.3 Å². The van der Waals surface area contributed by atoms with Gasteiger partial charge in [0.05, 0.1) is 14.2 Å². The number of hydrogen-bond acceptors (Lipinski definition) is 5. The number of nitrogens with zero attached hydrogens (tertiary/aromatic N) is 1. The summed E-state index contributed by atoms with van der Waals surface area (Å²) < 4.78 is 10.7. The second kappa shape index (κ2) is 10.5. The lowest BCUT2D eigenvalue weighted by atomic mass is 10.1. The molecule has 2 atom stereocenters. The van der Waals surface area contributed by atoms with Gasteiger partial charge < -0.3 is 19.7 Å². The molecule has 1 fully saturated rings. The third-order valence-corrected chi connectivity index (χ3v) is 6.98. The van der Waals surface area contributed by atoms with Crippen molar-refractivity contribution in [1.29, 1.82) is 0 Å². The van der Waals surface area contributed by atoms with Crippen molar-refractivity contribution in [3.05, 3.63) is 57.6 Å². The van der Waals surface area contributed by atoms with Gasteiger partial charge in [-0.2, -0.15) is 0 Å². The Balaban J connectivity index is 1.69. The van der Waals surface area contributed by atoms with Crippen molar-refractivity contribution in [3.8, 4) is 11.5 Å². The number of halogens is 2. The Hall–Kier alpha value is -2.09. The van der Waals surface area contributed by atoms with Crippen molar-refractivity contribution in [1.82, 2.24) is 10.2 Å². The Morgan fingerprint density at radius 1 is 1.13 bits per heavy atom. The van der Waals surface area contributed by atoms with E-state index in [0.29, 0.717) is 40.3 Å². The fourth-order valence-electron chi connectivity index (χ4n) is 3.52. The van der Waals surface area contributed by atoms with Crippen LogP contribution < -0.4 is 14.8 Å². The molecule has 1 N–H and O–H groups in total. The second-order valence-electron chi connectivity index (χ2n) is 7.02. The van der Waals surface area contributed by atoms with Crippen molar-refractivity contribution < 1.29 is 19.1 Å². The summed E-state index contributed by atoms with van der Waals surface area (Å²) in [6, 6.07) is 10.3. The van der Waals surface area contributed by atoms with Crippen LogP contribution >= 0.6 is 35.0 Å². The Morgan fingerprint density at radius 3 is 2.52 bits per heavy atom. The Labute approximate surface area is 196 Å². The lowest BCUT2D eigenvalue weighted by Gasteiger charge is -2.28. The van der Waals surface area contributed by atoms with Gasteiger partial charge in [-0.25, -0.2) is 0 Å². The van der Waals surface area contributed by atoms with Gasteiger partial charge in [-0.05, 0) is 41.8 Å². The second-order valence-corrected chi connectivity index (χ2v) is 8.98. The van der Waals surface area contributed by atoms with Crippen LogP contribution in [0.2, 0.25) is 10.0 Å². The van der Waals surface area contributed by atoms with Gasteiger partial charge in [-0.3, -0.25) is 9.59 Å². The minimum Gasteiger partial charge on any atom is -0.493 e. The number of rotatable bonds is 7. The molecule has 0 radical (unpaired) electrons. The van der Waals surface area contributed by atoms with E-state index in [0.717, 1.165) is 11.1 Å². The van der Waals surface area contributed by atoms with Crippen LogP contribution in [-0.2, 0) is 16.0 Å². The van der Waals surface area contributed by atoms with Gasteiger partial charge in [-0.15, -0.1) is 11.8 Å². The molecule has 1 aliphatic rings. The zero-order chi connectivity index (χ0) is 22.5. The number of thioether (sulfide) groups is 1. The monoisotopic (exact) mass is 482 g/mol. The summed E-state index contributed by atoms with van der Waals surface area (Å²) in [7, 11) is 3.14. The smallest absolute Gasteiger partial charge is 0.243 e. The van der Waals surface area contributed by atoms with E-state index in [4.69, 9.17) is 32.7 Å². The number of nitrogens with one attached hydrogen (secondary N) is 1. The highest BCUT2D eigenvalue weighted by atomic mass is 35.5. The van der Waals surface area contributed by atoms with E-state index < -0.39 is 6.04 Å². The highest BCUT2D eigenvalue weighted by Crippen LogP contribution is 2.43. The van der Waals surface area contributed by atoms with Gasteiger partial charge >= 0.3 is 0 Å². The van der Waals surface area contributed by atoms with Crippen molar-refractivity contribution in [2.75, 3.05) is 26.5 Å². The van der Waals surface area contributed by atoms with Gasteiger partial charge in [0.2, 0.25) is 11.8 Å². The normalized spacial score (nSPS) is 18.0. The van der Waals surface area contributed by atoms with Crippen LogP contribution in [-0.4, -0.2) is 49.3 Å². The number of carbonyl (C=O) groups excluding carboxylic acids is 2. The molecule has 1 aliphatic heterocycles. The molecule has 31 heavy (non-hydrogen) atoms. The molecule has 2 unspecified atom stereocenters. The van der Waals surface area contributed by atoms with E-state index in [9.17, 15) is 9.59 Å². The highest BCUT2D eigenvalue weighted by molar-refractivity contribution is 7.99. The summed E-state index contributed by atoms with van der Waals surface area (Å²) in [5, 5.41) is 3.79. The number of methoxy groups -OCH3 is 2. The fourth-order valence-corrected chi connectivity index (χ4v) is 5.49. The first-order valence-corrected chi connectivity index (χ1v) is 11.5. The van der Waals surface area contributed by atoms with E-state index in [1.807, 2.05) is 18.2 Å². The zero-order valence-electron chi connectivity index (χ0n) is 17.5. The molecule has 166 valence electrons. The van der Waals surface area contributed by atoms with E-state index >= 15 is 0 Å². The largest absolute Gasteiger partial charge is 0.493 e. The van der Waals surface area contributed by atoms with Gasteiger partial charge in [0, 0.05) is 29.3 Å². The van der Waals surface area contributed by atoms with E-state index in [1.54, 1.807) is 49.1 Å². The molecule has 9 heteroatoms. The van der Waals surface area contributed by atoms with Crippen LogP contribution in [0.1, 0.15) is 23.4 Å². The molecule has 3 rings (SSSR count). The maximum atomic E-state index is 12.9. The molecule has 0 saturated carbocycles. The minimum atomic E-state index is -0.554. The van der Waals surface area contributed by atoms with E-state index in [2.05, 4.69) is 5.32 Å². The van der Waals surface area contributed by atoms with Crippen LogP contribution in [0.4, 0.5) is 0 Å². The van der Waals surface area contributed by atoms with Crippen LogP contribution in [0.3, 0.4) is 0 Å². The topological polar surface area (TPSA) is 67.9 Å². The lowest BCUT2D eigenvalue weighted by molar-refractivity contribution is -0.138. The highest BCUT2D eigenvalue weighted by Gasteiger charge is 2.41. The minimum absolute atomic E-state index is 0.161. The summed E-state index contributed by atoms with van der Waals surface area (Å²) in [5.74, 6) is 1.35. The summed E-state index contributed by atoms with van der Waals surface area (Å²) in [6.45, 7) is 1.89. The van der Waals surface area contributed by atoms with Crippen molar-refractivity contribution in [3.63, 3.8) is 0 Å². The predicted octanol–water partition coefficient (Wildman–Crippen LogP) is 4.33. The number of ether oxygens (including phenoxy) is 2. The third kappa shape index (κ3) is 5.40. The molecule has 1 heterocycles. The Morgan fingerprint density at radius 2 is 1.87 bits per heavy atom. The fraction of sp³-hybridized carbons (Fsp3) is 0.364. The van der Waals surface area contributed by atoms with E-state index in [1.165, 1.54) is 6.92 Å². The first kappa shape index (κ1) is 23.6. The van der Waals surface area contributed by atoms with Crippen molar-refractivity contribution in [2.45, 2.75) is 24.8 Å². The molecular weight excluding hydrogens is 459 g/mol. The van der Waals surface area contributed by atoms with Gasteiger partial charge in [0.15, 0.2) is 11.5 Å². The summed E-state index contributed by atoms with van der Waals surface area (Å²) >= 11 is 13.7. The summed E-state index contributed by atoms with van der Waals surface area (Å²) in [4.78, 5) is 26.9. The molecule has 0 aromatic heterocycles. The zero-order valence-corrected chi connectivity index (χ0v) is 19.8.